The topological polar surface area (TPSA) is 48.5 Å². The Morgan fingerprint density at radius 1 is 0.276 bits per heavy atom. The zero-order valence-corrected chi connectivity index (χ0v) is 31.3. The molecule has 0 saturated heterocycles. The van der Waals surface area contributed by atoms with Crippen LogP contribution < -0.4 is 0 Å². The molecule has 0 radical (unpaired) electrons. The lowest BCUT2D eigenvalue weighted by atomic mass is 9.95. The van der Waals surface area contributed by atoms with Crippen LogP contribution in [-0.2, 0) is 0 Å². The molecule has 5 heteroatoms. The zero-order valence-electron chi connectivity index (χ0n) is 31.3. The van der Waals surface area contributed by atoms with E-state index in [4.69, 9.17) is 15.0 Å². The minimum Gasteiger partial charge on any atom is -0.309 e. The Hall–Kier alpha value is -7.89. The number of aromatic nitrogens is 5. The van der Waals surface area contributed by atoms with Gasteiger partial charge in [-0.25, -0.2) is 15.0 Å². The molecule has 12 rings (SSSR count). The smallest absolute Gasteiger partial charge is 0.164 e. The number of hydrogen-bond donors (Lipinski definition) is 0. The summed E-state index contributed by atoms with van der Waals surface area (Å²) in [6.45, 7) is 0. The van der Waals surface area contributed by atoms with E-state index in [1.165, 1.54) is 54.1 Å². The summed E-state index contributed by atoms with van der Waals surface area (Å²) in [5, 5.41) is 9.96. The third-order valence-electron chi connectivity index (χ3n) is 11.5. The standard InChI is InChI=1S/C53H33N5/c1-4-17-34(18-5-1)51-54-52(35-19-6-2-7-20-35)56-53(55-51)36-21-16-24-38(33-36)57-44-30-15-14-29-43(44)47-45(57)31-32-46-49(47)48-41-27-12-10-25-39(41)40-26-11-13-28-42(40)50(48)58(46)37-22-8-3-9-23-37/h1-33H. The van der Waals surface area contributed by atoms with E-state index in [-0.39, 0.29) is 0 Å². The van der Waals surface area contributed by atoms with Crippen LogP contribution in [0.2, 0.25) is 0 Å². The van der Waals surface area contributed by atoms with Gasteiger partial charge in [-0.1, -0.05) is 158 Å². The Balaban J connectivity index is 1.17. The second kappa shape index (κ2) is 12.8. The van der Waals surface area contributed by atoms with E-state index >= 15 is 0 Å². The van der Waals surface area contributed by atoms with Gasteiger partial charge in [-0.2, -0.15) is 0 Å². The summed E-state index contributed by atoms with van der Waals surface area (Å²) in [6.07, 6.45) is 0. The maximum atomic E-state index is 5.07. The Labute approximate surface area is 333 Å². The molecule has 0 saturated carbocycles. The highest BCUT2D eigenvalue weighted by Crippen LogP contribution is 2.47. The monoisotopic (exact) mass is 739 g/mol. The van der Waals surface area contributed by atoms with Crippen LogP contribution in [0.25, 0.3) is 111 Å². The van der Waals surface area contributed by atoms with Crippen molar-refractivity contribution in [1.82, 2.24) is 24.1 Å². The highest BCUT2D eigenvalue weighted by molar-refractivity contribution is 6.38. The summed E-state index contributed by atoms with van der Waals surface area (Å²) in [7, 11) is 0. The molecule has 0 aliphatic rings. The molecular weight excluding hydrogens is 707 g/mol. The average molecular weight is 740 g/mol. The second-order valence-electron chi connectivity index (χ2n) is 14.8. The molecular formula is C53H33N5. The lowest BCUT2D eigenvalue weighted by Crippen LogP contribution is -2.01. The summed E-state index contributed by atoms with van der Waals surface area (Å²) >= 11 is 0. The van der Waals surface area contributed by atoms with Gasteiger partial charge < -0.3 is 9.13 Å². The first-order valence-corrected chi connectivity index (χ1v) is 19.6. The van der Waals surface area contributed by atoms with Crippen molar-refractivity contribution in [2.75, 3.05) is 0 Å². The average Bonchev–Trinajstić information content (AvgIpc) is 3.84. The number of benzene rings is 9. The fourth-order valence-electron chi connectivity index (χ4n) is 9.06. The van der Waals surface area contributed by atoms with Crippen LogP contribution in [-0.4, -0.2) is 24.1 Å². The lowest BCUT2D eigenvalue weighted by molar-refractivity contribution is 1.07. The van der Waals surface area contributed by atoms with Crippen LogP contribution in [0, 0.1) is 0 Å². The van der Waals surface area contributed by atoms with Crippen molar-refractivity contribution in [3.8, 4) is 45.5 Å². The molecule has 0 spiro atoms. The van der Waals surface area contributed by atoms with Crippen LogP contribution in [0.3, 0.4) is 0 Å². The van der Waals surface area contributed by atoms with Crippen molar-refractivity contribution in [2.24, 2.45) is 0 Å². The third kappa shape index (κ3) is 4.87. The first-order chi connectivity index (χ1) is 28.8. The second-order valence-corrected chi connectivity index (χ2v) is 14.8. The number of rotatable bonds is 5. The maximum Gasteiger partial charge on any atom is 0.164 e. The van der Waals surface area contributed by atoms with Crippen molar-refractivity contribution in [3.05, 3.63) is 200 Å². The van der Waals surface area contributed by atoms with E-state index < -0.39 is 0 Å². The molecule has 9 aromatic carbocycles. The minimum absolute atomic E-state index is 0.627. The Kier molecular flexibility index (Phi) is 7.16. The van der Waals surface area contributed by atoms with Crippen LogP contribution in [0.1, 0.15) is 0 Å². The predicted octanol–water partition coefficient (Wildman–Crippen LogP) is 13.4. The molecule has 0 amide bonds. The van der Waals surface area contributed by atoms with Gasteiger partial charge in [0.05, 0.1) is 22.1 Å². The molecule has 3 aromatic heterocycles. The summed E-state index contributed by atoms with van der Waals surface area (Å²) in [6, 6.07) is 70.8. The Bertz CT molecular complexity index is 3490. The van der Waals surface area contributed by atoms with E-state index in [1.54, 1.807) is 0 Å². The fourth-order valence-corrected chi connectivity index (χ4v) is 9.06. The zero-order chi connectivity index (χ0) is 38.2. The number of fused-ring (bicyclic) bond motifs is 12. The van der Waals surface area contributed by atoms with Gasteiger partial charge in [0.25, 0.3) is 0 Å². The molecule has 58 heavy (non-hydrogen) atoms. The molecule has 12 aromatic rings. The van der Waals surface area contributed by atoms with E-state index in [1.807, 2.05) is 60.7 Å². The molecule has 270 valence electrons. The van der Waals surface area contributed by atoms with Crippen LogP contribution in [0.4, 0.5) is 0 Å². The minimum atomic E-state index is 0.627. The molecule has 0 atom stereocenters. The quantitative estimate of drug-likeness (QED) is 0.165. The van der Waals surface area contributed by atoms with Gasteiger partial charge in [0.2, 0.25) is 0 Å². The van der Waals surface area contributed by atoms with Crippen molar-refractivity contribution in [1.29, 1.82) is 0 Å². The number of para-hydroxylation sites is 2. The van der Waals surface area contributed by atoms with Crippen molar-refractivity contribution in [2.45, 2.75) is 0 Å². The van der Waals surface area contributed by atoms with E-state index in [0.29, 0.717) is 17.5 Å². The maximum absolute atomic E-state index is 5.07. The fraction of sp³-hybridized carbons (Fsp3) is 0. The summed E-state index contributed by atoms with van der Waals surface area (Å²) in [5.74, 6) is 1.91. The highest BCUT2D eigenvalue weighted by atomic mass is 15.0. The predicted molar refractivity (Wildman–Crippen MR) is 240 cm³/mol. The summed E-state index contributed by atoms with van der Waals surface area (Å²) < 4.78 is 4.88. The largest absolute Gasteiger partial charge is 0.309 e. The van der Waals surface area contributed by atoms with Gasteiger partial charge in [0, 0.05) is 55.0 Å². The first kappa shape index (κ1) is 32.4. The van der Waals surface area contributed by atoms with E-state index in [0.717, 1.165) is 39.1 Å². The first-order valence-electron chi connectivity index (χ1n) is 19.6. The third-order valence-corrected chi connectivity index (χ3v) is 11.5. The van der Waals surface area contributed by atoms with Crippen LogP contribution in [0.5, 0.6) is 0 Å². The summed E-state index contributed by atoms with van der Waals surface area (Å²) in [5.41, 5.74) is 9.66. The molecule has 3 heterocycles. The molecule has 0 bridgehead atoms. The SMILES string of the molecule is c1ccc(-c2nc(-c3ccccc3)nc(-c3cccc(-n4c5ccccc5c5c6c7c8ccccc8c8ccccc8c7n(-c7ccccc7)c6ccc54)c3)n2)cc1. The number of nitrogens with zero attached hydrogens (tertiary/aromatic N) is 5. The Morgan fingerprint density at radius 3 is 1.40 bits per heavy atom. The molecule has 0 unspecified atom stereocenters. The van der Waals surface area contributed by atoms with Gasteiger partial charge in [0.15, 0.2) is 17.5 Å². The van der Waals surface area contributed by atoms with Gasteiger partial charge in [-0.15, -0.1) is 0 Å². The Morgan fingerprint density at radius 2 is 0.741 bits per heavy atom. The van der Waals surface area contributed by atoms with Gasteiger partial charge in [-0.3, -0.25) is 0 Å². The van der Waals surface area contributed by atoms with E-state index in [9.17, 15) is 0 Å². The summed E-state index contributed by atoms with van der Waals surface area (Å²) in [4.78, 5) is 15.1. The van der Waals surface area contributed by atoms with E-state index in [2.05, 4.69) is 149 Å². The molecule has 0 aliphatic carbocycles. The van der Waals surface area contributed by atoms with Gasteiger partial charge in [-0.05, 0) is 58.6 Å². The van der Waals surface area contributed by atoms with Gasteiger partial charge in [0.1, 0.15) is 0 Å². The van der Waals surface area contributed by atoms with Crippen LogP contribution in [0.15, 0.2) is 200 Å². The van der Waals surface area contributed by atoms with Crippen molar-refractivity contribution >= 4 is 65.2 Å². The number of hydrogen-bond acceptors (Lipinski definition) is 3. The van der Waals surface area contributed by atoms with Crippen LogP contribution >= 0.6 is 0 Å². The molecule has 0 N–H and O–H groups in total. The normalized spacial score (nSPS) is 11.8. The lowest BCUT2D eigenvalue weighted by Gasteiger charge is -2.12. The van der Waals surface area contributed by atoms with Gasteiger partial charge >= 0.3 is 0 Å². The molecule has 0 aliphatic heterocycles. The molecule has 5 nitrogen and oxygen atoms in total. The highest BCUT2D eigenvalue weighted by Gasteiger charge is 2.24. The van der Waals surface area contributed by atoms with Crippen molar-refractivity contribution in [3.63, 3.8) is 0 Å². The van der Waals surface area contributed by atoms with Crippen molar-refractivity contribution < 1.29 is 0 Å². The molecule has 0 fully saturated rings.